The zero-order valence-corrected chi connectivity index (χ0v) is 16.8. The second-order valence-corrected chi connectivity index (χ2v) is 6.98. The molecule has 0 atom stereocenters. The number of hydrogen-bond donors (Lipinski definition) is 0. The lowest BCUT2D eigenvalue weighted by Crippen LogP contribution is -2.09. The van der Waals surface area contributed by atoms with Crippen molar-refractivity contribution in [1.29, 1.82) is 0 Å². The van der Waals surface area contributed by atoms with Crippen LogP contribution in [0.15, 0.2) is 39.7 Å². The van der Waals surface area contributed by atoms with Gasteiger partial charge in [-0.1, -0.05) is 19.9 Å². The molecule has 0 radical (unpaired) electrons. The summed E-state index contributed by atoms with van der Waals surface area (Å²) in [4.78, 5) is 12.6. The minimum atomic E-state index is -0.306. The molecule has 0 amide bonds. The third-order valence-corrected chi connectivity index (χ3v) is 5.12. The molecule has 0 aliphatic rings. The first-order valence-corrected chi connectivity index (χ1v) is 9.99. The maximum atomic E-state index is 14.0. The lowest BCUT2D eigenvalue weighted by atomic mass is 10.1. The van der Waals surface area contributed by atoms with E-state index in [1.165, 1.54) is 17.8 Å². The van der Waals surface area contributed by atoms with Crippen molar-refractivity contribution >= 4 is 33.7 Å². The first-order valence-electron chi connectivity index (χ1n) is 7.97. The minimum absolute atomic E-state index is 0.173. The Kier molecular flexibility index (Phi) is 7.32. The number of esters is 1. The number of hydrogen-bond acceptors (Lipinski definition) is 4. The quantitative estimate of drug-likeness (QED) is 0.320. The van der Waals surface area contributed by atoms with Crippen LogP contribution in [0.3, 0.4) is 0 Å². The molecule has 2 rings (SSSR count). The van der Waals surface area contributed by atoms with Crippen LogP contribution in [0.5, 0.6) is 11.5 Å². The van der Waals surface area contributed by atoms with Gasteiger partial charge in [-0.05, 0) is 52.4 Å². The summed E-state index contributed by atoms with van der Waals surface area (Å²) in [7, 11) is 0. The Morgan fingerprint density at radius 1 is 1.24 bits per heavy atom. The van der Waals surface area contributed by atoms with E-state index in [4.69, 9.17) is 9.47 Å². The van der Waals surface area contributed by atoms with E-state index >= 15 is 0 Å². The van der Waals surface area contributed by atoms with Crippen molar-refractivity contribution in [3.63, 3.8) is 0 Å². The average Bonchev–Trinajstić information content (AvgIpc) is 2.62. The normalized spacial score (nSPS) is 10.6. The van der Waals surface area contributed by atoms with Crippen LogP contribution < -0.4 is 9.47 Å². The van der Waals surface area contributed by atoms with Crippen molar-refractivity contribution < 1.29 is 18.7 Å². The van der Waals surface area contributed by atoms with Gasteiger partial charge < -0.3 is 9.47 Å². The highest BCUT2D eigenvalue weighted by atomic mass is 79.9. The number of carbonyl (C=O) groups is 1. The number of rotatable bonds is 7. The van der Waals surface area contributed by atoms with E-state index in [-0.39, 0.29) is 18.4 Å². The number of carbonyl (C=O) groups excluding carboxylic acids is 1. The van der Waals surface area contributed by atoms with Crippen LogP contribution >= 0.6 is 27.7 Å². The fourth-order valence-corrected chi connectivity index (χ4v) is 3.40. The van der Waals surface area contributed by atoms with E-state index in [9.17, 15) is 9.18 Å². The van der Waals surface area contributed by atoms with E-state index in [0.717, 1.165) is 10.5 Å². The van der Waals surface area contributed by atoms with Gasteiger partial charge in [0.05, 0.1) is 4.47 Å². The van der Waals surface area contributed by atoms with Crippen molar-refractivity contribution in [1.82, 2.24) is 0 Å². The maximum absolute atomic E-state index is 14.0. The number of aryl methyl sites for hydroxylation is 1. The molecule has 0 aliphatic carbocycles. The fraction of sp³-hybridized carbons (Fsp3) is 0.316. The Labute approximate surface area is 160 Å². The van der Waals surface area contributed by atoms with Crippen molar-refractivity contribution in [2.24, 2.45) is 0 Å². The highest BCUT2D eigenvalue weighted by Gasteiger charge is 2.15. The van der Waals surface area contributed by atoms with Crippen molar-refractivity contribution in [2.45, 2.75) is 38.2 Å². The summed E-state index contributed by atoms with van der Waals surface area (Å²) in [6.45, 7) is 3.81. The molecule has 0 unspecified atom stereocenters. The monoisotopic (exact) mass is 426 g/mol. The summed E-state index contributed by atoms with van der Waals surface area (Å²) >= 11 is 4.95. The van der Waals surface area contributed by atoms with Gasteiger partial charge in [0.2, 0.25) is 0 Å². The van der Waals surface area contributed by atoms with Gasteiger partial charge in [-0.25, -0.2) is 4.39 Å². The standard InChI is InChI=1S/C19H20BrFO3S/c1-4-12-9-14(20)17(10-15(12)21)23-11-13-16(24-19(22)5-2)7-6-8-18(13)25-3/h6-10H,4-5,11H2,1-3H3. The molecular formula is C19H20BrFO3S. The third-order valence-electron chi connectivity index (χ3n) is 3.68. The second kappa shape index (κ2) is 9.25. The summed E-state index contributed by atoms with van der Waals surface area (Å²) in [6, 6.07) is 8.61. The Bertz CT molecular complexity index is 765. The van der Waals surface area contributed by atoms with Crippen LogP contribution in [0, 0.1) is 5.82 Å². The smallest absolute Gasteiger partial charge is 0.310 e. The van der Waals surface area contributed by atoms with E-state index in [1.807, 2.05) is 25.3 Å². The summed E-state index contributed by atoms with van der Waals surface area (Å²) in [6.07, 6.45) is 2.84. The molecular weight excluding hydrogens is 407 g/mol. The first-order chi connectivity index (χ1) is 12.0. The molecule has 0 spiro atoms. The Morgan fingerprint density at radius 3 is 2.64 bits per heavy atom. The molecule has 0 fully saturated rings. The van der Waals surface area contributed by atoms with Crippen LogP contribution in [-0.4, -0.2) is 12.2 Å². The molecule has 3 nitrogen and oxygen atoms in total. The number of halogens is 2. The minimum Gasteiger partial charge on any atom is -0.487 e. The fourth-order valence-electron chi connectivity index (χ4n) is 2.27. The molecule has 0 heterocycles. The van der Waals surface area contributed by atoms with Crippen molar-refractivity contribution in [3.8, 4) is 11.5 Å². The Balaban J connectivity index is 2.28. The molecule has 0 saturated heterocycles. The van der Waals surface area contributed by atoms with Crippen LogP contribution in [0.25, 0.3) is 0 Å². The average molecular weight is 427 g/mol. The highest BCUT2D eigenvalue weighted by molar-refractivity contribution is 9.10. The number of ether oxygens (including phenoxy) is 2. The largest absolute Gasteiger partial charge is 0.487 e. The lowest BCUT2D eigenvalue weighted by molar-refractivity contribution is -0.134. The molecule has 2 aromatic carbocycles. The maximum Gasteiger partial charge on any atom is 0.310 e. The molecule has 134 valence electrons. The van der Waals surface area contributed by atoms with E-state index < -0.39 is 0 Å². The molecule has 25 heavy (non-hydrogen) atoms. The first kappa shape index (κ1) is 19.8. The van der Waals surface area contributed by atoms with Gasteiger partial charge in [0.25, 0.3) is 0 Å². The van der Waals surface area contributed by atoms with Crippen LogP contribution in [-0.2, 0) is 17.8 Å². The van der Waals surface area contributed by atoms with Gasteiger partial charge in [0.1, 0.15) is 23.9 Å². The molecule has 0 saturated carbocycles. The van der Waals surface area contributed by atoms with E-state index in [2.05, 4.69) is 15.9 Å². The lowest BCUT2D eigenvalue weighted by Gasteiger charge is -2.15. The summed E-state index contributed by atoms with van der Waals surface area (Å²) < 4.78 is 25.9. The van der Waals surface area contributed by atoms with E-state index in [0.29, 0.717) is 34.4 Å². The van der Waals surface area contributed by atoms with Gasteiger partial charge in [-0.3, -0.25) is 4.79 Å². The predicted molar refractivity (Wildman–Crippen MR) is 102 cm³/mol. The van der Waals surface area contributed by atoms with Crippen LogP contribution in [0.1, 0.15) is 31.4 Å². The summed E-state index contributed by atoms with van der Waals surface area (Å²) in [5.41, 5.74) is 1.39. The molecule has 6 heteroatoms. The number of benzene rings is 2. The van der Waals surface area contributed by atoms with Crippen molar-refractivity contribution in [3.05, 3.63) is 51.7 Å². The van der Waals surface area contributed by atoms with Crippen LogP contribution in [0.4, 0.5) is 4.39 Å². The van der Waals surface area contributed by atoms with Gasteiger partial charge in [0, 0.05) is 22.9 Å². The third kappa shape index (κ3) is 4.98. The van der Waals surface area contributed by atoms with Gasteiger partial charge in [-0.2, -0.15) is 0 Å². The SMILES string of the molecule is CCC(=O)Oc1cccc(SC)c1COc1cc(F)c(CC)cc1Br. The highest BCUT2D eigenvalue weighted by Crippen LogP contribution is 2.33. The van der Waals surface area contributed by atoms with E-state index in [1.54, 1.807) is 19.1 Å². The zero-order valence-electron chi connectivity index (χ0n) is 14.4. The van der Waals surface area contributed by atoms with Gasteiger partial charge in [0.15, 0.2) is 0 Å². The van der Waals surface area contributed by atoms with Gasteiger partial charge >= 0.3 is 5.97 Å². The molecule has 0 N–H and O–H groups in total. The summed E-state index contributed by atoms with van der Waals surface area (Å²) in [5.74, 6) is 0.286. The van der Waals surface area contributed by atoms with Gasteiger partial charge in [-0.15, -0.1) is 11.8 Å². The van der Waals surface area contributed by atoms with Crippen molar-refractivity contribution in [2.75, 3.05) is 6.26 Å². The predicted octanol–water partition coefficient (Wildman–Crippen LogP) is 5.77. The zero-order chi connectivity index (χ0) is 18.4. The Morgan fingerprint density at radius 2 is 2.00 bits per heavy atom. The van der Waals surface area contributed by atoms with Crippen LogP contribution in [0.2, 0.25) is 0 Å². The topological polar surface area (TPSA) is 35.5 Å². The molecule has 0 aliphatic heterocycles. The Hall–Kier alpha value is -1.53. The number of thioether (sulfide) groups is 1. The molecule has 2 aromatic rings. The summed E-state index contributed by atoms with van der Waals surface area (Å²) in [5, 5.41) is 0. The molecule has 0 aromatic heterocycles. The second-order valence-electron chi connectivity index (χ2n) is 5.28. The molecule has 0 bridgehead atoms.